The van der Waals surface area contributed by atoms with Crippen LogP contribution in [-0.2, 0) is 4.79 Å². The Bertz CT molecular complexity index is 840. The van der Waals surface area contributed by atoms with Gasteiger partial charge in [-0.25, -0.2) is 4.98 Å². The monoisotopic (exact) mass is 338 g/mol. The minimum atomic E-state index is -0.575. The summed E-state index contributed by atoms with van der Waals surface area (Å²) < 4.78 is 10.3. The molecular weight excluding hydrogens is 320 g/mol. The number of aromatic nitrogens is 1. The van der Waals surface area contributed by atoms with Crippen molar-refractivity contribution in [3.8, 4) is 17.6 Å². The van der Waals surface area contributed by atoms with E-state index in [4.69, 9.17) is 9.47 Å². The fourth-order valence-corrected chi connectivity index (χ4v) is 2.02. The molecule has 0 saturated carbocycles. The Hall–Kier alpha value is -3.53. The van der Waals surface area contributed by atoms with Gasteiger partial charge in [0.25, 0.3) is 5.91 Å². The van der Waals surface area contributed by atoms with Gasteiger partial charge in [-0.1, -0.05) is 6.07 Å². The highest BCUT2D eigenvalue weighted by molar-refractivity contribution is 6.07. The Labute approximate surface area is 145 Å². The lowest BCUT2D eigenvalue weighted by Crippen LogP contribution is -2.15. The molecule has 128 valence electrons. The van der Waals surface area contributed by atoms with Crippen LogP contribution in [0.15, 0.2) is 48.2 Å². The minimum absolute atomic E-state index is 0.104. The van der Waals surface area contributed by atoms with E-state index in [-0.39, 0.29) is 5.57 Å². The number of benzene rings is 1. The molecule has 0 fully saturated rings. The molecule has 25 heavy (non-hydrogen) atoms. The van der Waals surface area contributed by atoms with Crippen molar-refractivity contribution < 1.29 is 14.3 Å². The quantitative estimate of drug-likeness (QED) is 0.621. The van der Waals surface area contributed by atoms with Gasteiger partial charge in [-0.15, -0.1) is 0 Å². The highest BCUT2D eigenvalue weighted by Crippen LogP contribution is 2.29. The van der Waals surface area contributed by atoms with Crippen molar-refractivity contribution >= 4 is 17.4 Å². The zero-order valence-corrected chi connectivity index (χ0v) is 14.2. The number of anilines is 2. The molecule has 0 aliphatic heterocycles. The van der Waals surface area contributed by atoms with Crippen LogP contribution < -0.4 is 20.1 Å². The van der Waals surface area contributed by atoms with Crippen LogP contribution in [0.1, 0.15) is 5.69 Å². The summed E-state index contributed by atoms with van der Waals surface area (Å²) in [5.41, 5.74) is 1.12. The average molecular weight is 338 g/mol. The maximum atomic E-state index is 12.3. The summed E-state index contributed by atoms with van der Waals surface area (Å²) >= 11 is 0. The number of rotatable bonds is 6. The number of amides is 1. The van der Waals surface area contributed by atoms with Crippen LogP contribution in [0, 0.1) is 18.3 Å². The van der Waals surface area contributed by atoms with E-state index in [1.165, 1.54) is 20.4 Å². The number of ether oxygens (including phenoxy) is 2. The predicted molar refractivity (Wildman–Crippen MR) is 94.5 cm³/mol. The van der Waals surface area contributed by atoms with Crippen LogP contribution in [-0.4, -0.2) is 25.1 Å². The molecular formula is C18H18N4O3. The molecule has 2 rings (SSSR count). The van der Waals surface area contributed by atoms with E-state index in [9.17, 15) is 10.1 Å². The van der Waals surface area contributed by atoms with Crippen LogP contribution in [0.2, 0.25) is 0 Å². The molecule has 2 aromatic rings. The molecule has 0 spiro atoms. The topological polar surface area (TPSA) is 96.3 Å². The molecule has 0 aliphatic carbocycles. The van der Waals surface area contributed by atoms with Crippen LogP contribution in [0.5, 0.6) is 11.5 Å². The number of aryl methyl sites for hydroxylation is 1. The maximum Gasteiger partial charge on any atom is 0.267 e. The van der Waals surface area contributed by atoms with Crippen molar-refractivity contribution in [2.24, 2.45) is 0 Å². The van der Waals surface area contributed by atoms with Crippen LogP contribution in [0.4, 0.5) is 11.5 Å². The van der Waals surface area contributed by atoms with Crippen molar-refractivity contribution in [1.82, 2.24) is 4.98 Å². The fourth-order valence-electron chi connectivity index (χ4n) is 2.02. The number of hydrogen-bond donors (Lipinski definition) is 2. The summed E-state index contributed by atoms with van der Waals surface area (Å²) in [6, 6.07) is 12.3. The van der Waals surface area contributed by atoms with Gasteiger partial charge in [0.1, 0.15) is 29.0 Å². The lowest BCUT2D eigenvalue weighted by molar-refractivity contribution is -0.112. The Morgan fingerprint density at radius 2 is 2.04 bits per heavy atom. The van der Waals surface area contributed by atoms with Crippen LogP contribution in [0.25, 0.3) is 0 Å². The first-order chi connectivity index (χ1) is 12.1. The average Bonchev–Trinajstić information content (AvgIpc) is 2.62. The molecule has 7 nitrogen and oxygen atoms in total. The smallest absolute Gasteiger partial charge is 0.267 e. The minimum Gasteiger partial charge on any atom is -0.497 e. The van der Waals surface area contributed by atoms with E-state index in [1.807, 2.05) is 25.1 Å². The zero-order chi connectivity index (χ0) is 18.2. The number of carbonyl (C=O) groups excluding carboxylic acids is 1. The van der Waals surface area contributed by atoms with Crippen LogP contribution >= 0.6 is 0 Å². The number of hydrogen-bond acceptors (Lipinski definition) is 6. The fraction of sp³-hybridized carbons (Fsp3) is 0.167. The Morgan fingerprint density at radius 3 is 2.68 bits per heavy atom. The highest BCUT2D eigenvalue weighted by Gasteiger charge is 2.13. The van der Waals surface area contributed by atoms with E-state index < -0.39 is 5.91 Å². The van der Waals surface area contributed by atoms with Gasteiger partial charge in [0.2, 0.25) is 0 Å². The van der Waals surface area contributed by atoms with Gasteiger partial charge in [-0.2, -0.15) is 5.26 Å². The maximum absolute atomic E-state index is 12.3. The Balaban J connectivity index is 2.17. The van der Waals surface area contributed by atoms with Gasteiger partial charge < -0.3 is 20.1 Å². The standard InChI is InChI=1S/C18H18N4O3/c1-12-5-4-6-17(21-12)20-11-13(10-19)18(23)22-15-9-14(24-2)7-8-16(15)25-3/h4-9,11H,1-3H3,(H,20,21)(H,22,23)/b13-11-. The third-order valence-electron chi connectivity index (χ3n) is 3.27. The van der Waals surface area contributed by atoms with Gasteiger partial charge in [0, 0.05) is 18.0 Å². The molecule has 0 aliphatic rings. The molecule has 0 saturated heterocycles. The molecule has 0 radical (unpaired) electrons. The predicted octanol–water partition coefficient (Wildman–Crippen LogP) is 2.87. The first kappa shape index (κ1) is 17.8. The van der Waals surface area contributed by atoms with Gasteiger partial charge in [0.05, 0.1) is 19.9 Å². The van der Waals surface area contributed by atoms with Crippen molar-refractivity contribution in [2.75, 3.05) is 24.9 Å². The van der Waals surface area contributed by atoms with Gasteiger partial charge in [-0.3, -0.25) is 4.79 Å². The molecule has 1 amide bonds. The van der Waals surface area contributed by atoms with Crippen LogP contribution in [0.3, 0.4) is 0 Å². The lowest BCUT2D eigenvalue weighted by atomic mass is 10.2. The van der Waals surface area contributed by atoms with Gasteiger partial charge in [-0.05, 0) is 31.2 Å². The number of carbonyl (C=O) groups is 1. The van der Waals surface area contributed by atoms with Crippen molar-refractivity contribution in [1.29, 1.82) is 5.26 Å². The summed E-state index contributed by atoms with van der Waals surface area (Å²) in [6.45, 7) is 1.85. The van der Waals surface area contributed by atoms with E-state index in [1.54, 1.807) is 24.3 Å². The molecule has 1 heterocycles. The van der Waals surface area contributed by atoms with E-state index in [0.29, 0.717) is 23.0 Å². The number of nitriles is 1. The number of methoxy groups -OCH3 is 2. The molecule has 2 N–H and O–H groups in total. The lowest BCUT2D eigenvalue weighted by Gasteiger charge is -2.11. The zero-order valence-electron chi connectivity index (χ0n) is 14.2. The summed E-state index contributed by atoms with van der Waals surface area (Å²) in [6.07, 6.45) is 1.31. The van der Waals surface area contributed by atoms with E-state index in [0.717, 1.165) is 5.69 Å². The largest absolute Gasteiger partial charge is 0.497 e. The molecule has 0 bridgehead atoms. The number of nitrogens with zero attached hydrogens (tertiary/aromatic N) is 2. The number of nitrogens with one attached hydrogen (secondary N) is 2. The second kappa shape index (κ2) is 8.36. The second-order valence-electron chi connectivity index (χ2n) is 5.00. The molecule has 1 aromatic heterocycles. The first-order valence-corrected chi connectivity index (χ1v) is 7.41. The van der Waals surface area contributed by atoms with Gasteiger partial charge in [0.15, 0.2) is 0 Å². The van der Waals surface area contributed by atoms with Crippen molar-refractivity contribution in [3.63, 3.8) is 0 Å². The van der Waals surface area contributed by atoms with Crippen molar-refractivity contribution in [2.45, 2.75) is 6.92 Å². The SMILES string of the molecule is COc1ccc(OC)c(NC(=O)/C(C#N)=C\Nc2cccc(C)n2)c1. The van der Waals surface area contributed by atoms with Crippen molar-refractivity contribution in [3.05, 3.63) is 53.9 Å². The summed E-state index contributed by atoms with van der Waals surface area (Å²) in [7, 11) is 3.01. The summed E-state index contributed by atoms with van der Waals surface area (Å²) in [5.74, 6) is 0.981. The van der Waals surface area contributed by atoms with Gasteiger partial charge >= 0.3 is 0 Å². The number of pyridine rings is 1. The third kappa shape index (κ3) is 4.72. The van der Waals surface area contributed by atoms with E-state index >= 15 is 0 Å². The molecule has 7 heteroatoms. The Kier molecular flexibility index (Phi) is 5.96. The normalized spacial score (nSPS) is 10.6. The third-order valence-corrected chi connectivity index (χ3v) is 3.27. The van der Waals surface area contributed by atoms with E-state index in [2.05, 4.69) is 15.6 Å². The Morgan fingerprint density at radius 1 is 1.24 bits per heavy atom. The highest BCUT2D eigenvalue weighted by atomic mass is 16.5. The molecule has 1 aromatic carbocycles. The molecule has 0 atom stereocenters. The first-order valence-electron chi connectivity index (χ1n) is 7.41. The summed E-state index contributed by atoms with van der Waals surface area (Å²) in [5, 5.41) is 14.7. The second-order valence-corrected chi connectivity index (χ2v) is 5.00. The molecule has 0 unspecified atom stereocenters. The summed E-state index contributed by atoms with van der Waals surface area (Å²) in [4.78, 5) is 16.6.